The van der Waals surface area contributed by atoms with Crippen LogP contribution in [-0.2, 0) is 33.4 Å². The Morgan fingerprint density at radius 1 is 1.03 bits per heavy atom. The van der Waals surface area contributed by atoms with E-state index < -0.39 is 65.2 Å². The minimum Gasteiger partial charge on any atom is -0.481 e. The second-order valence-electron chi connectivity index (χ2n) is 10.0. The van der Waals surface area contributed by atoms with E-state index in [1.54, 1.807) is 19.1 Å². The molecule has 1 aromatic carbocycles. The summed E-state index contributed by atoms with van der Waals surface area (Å²) in [5.41, 5.74) is 0.700. The number of nitrogens with one attached hydrogen (secondary N) is 1. The van der Waals surface area contributed by atoms with E-state index in [9.17, 15) is 33.9 Å². The maximum Gasteiger partial charge on any atom is 0.340 e. The molecule has 4 rings (SSSR count). The van der Waals surface area contributed by atoms with Crippen molar-refractivity contribution >= 4 is 41.3 Å². The Morgan fingerprint density at radius 2 is 1.63 bits per heavy atom. The number of carbonyl (C=O) groups is 6. The van der Waals surface area contributed by atoms with Gasteiger partial charge in [0.15, 0.2) is 0 Å². The van der Waals surface area contributed by atoms with Gasteiger partial charge in [0.2, 0.25) is 17.7 Å². The highest BCUT2D eigenvalue weighted by Crippen LogP contribution is 2.59. The zero-order valence-corrected chi connectivity index (χ0v) is 21.4. The van der Waals surface area contributed by atoms with Crippen molar-refractivity contribution in [3.8, 4) is 0 Å². The molecule has 0 radical (unpaired) electrons. The number of imide groups is 1. The van der Waals surface area contributed by atoms with Crippen molar-refractivity contribution in [3.63, 3.8) is 0 Å². The maximum absolute atomic E-state index is 13.8. The summed E-state index contributed by atoms with van der Waals surface area (Å²) in [4.78, 5) is 77.8. The number of rotatable bonds is 8. The molecule has 0 spiro atoms. The molecular formula is C27H30N2O9. The van der Waals surface area contributed by atoms with E-state index in [1.807, 2.05) is 0 Å². The minimum atomic E-state index is -1.10. The molecule has 3 amide bonds. The Labute approximate surface area is 219 Å². The number of carboxylic acid groups (broad SMARTS) is 1. The fourth-order valence-corrected chi connectivity index (χ4v) is 6.32. The molecule has 2 aliphatic carbocycles. The van der Waals surface area contributed by atoms with E-state index in [2.05, 4.69) is 11.9 Å². The lowest BCUT2D eigenvalue weighted by atomic mass is 9.82. The molecule has 202 valence electrons. The maximum atomic E-state index is 13.8. The lowest BCUT2D eigenvalue weighted by molar-refractivity contribution is -0.144. The van der Waals surface area contributed by atoms with E-state index in [0.717, 1.165) is 4.90 Å². The van der Waals surface area contributed by atoms with Crippen LogP contribution in [0.5, 0.6) is 0 Å². The number of fused-ring (bicyclic) bond motifs is 5. The van der Waals surface area contributed by atoms with Crippen LogP contribution >= 0.6 is 0 Å². The summed E-state index contributed by atoms with van der Waals surface area (Å²) in [5, 5.41) is 12.4. The van der Waals surface area contributed by atoms with Crippen molar-refractivity contribution in [2.45, 2.75) is 26.7 Å². The third-order valence-electron chi connectivity index (χ3n) is 7.89. The monoisotopic (exact) mass is 526 g/mol. The number of nitrogens with zero attached hydrogens (tertiary/aromatic N) is 1. The molecule has 6 atom stereocenters. The van der Waals surface area contributed by atoms with Crippen LogP contribution in [0.1, 0.15) is 35.7 Å². The molecule has 2 bridgehead atoms. The highest BCUT2D eigenvalue weighted by molar-refractivity contribution is 6.21. The van der Waals surface area contributed by atoms with Gasteiger partial charge < -0.3 is 19.9 Å². The number of aryl methyl sites for hydroxylation is 1. The molecule has 3 aliphatic rings. The van der Waals surface area contributed by atoms with Gasteiger partial charge in [-0.25, -0.2) is 14.5 Å². The molecule has 2 N–H and O–H groups in total. The Morgan fingerprint density at radius 3 is 2.21 bits per heavy atom. The average molecular weight is 527 g/mol. The number of amides is 3. The van der Waals surface area contributed by atoms with E-state index in [0.29, 0.717) is 5.56 Å². The van der Waals surface area contributed by atoms with Gasteiger partial charge in [0.05, 0.1) is 17.2 Å². The fraction of sp³-hybridized carbons (Fsp3) is 0.481. The zero-order chi connectivity index (χ0) is 27.9. The first-order chi connectivity index (χ1) is 18.0. The topological polar surface area (TPSA) is 156 Å². The third-order valence-corrected chi connectivity index (χ3v) is 7.89. The number of aliphatic carboxylic acids is 1. The number of carbonyl (C=O) groups excluding carboxylic acids is 5. The highest BCUT2D eigenvalue weighted by atomic mass is 16.6. The summed E-state index contributed by atoms with van der Waals surface area (Å²) in [6.07, 6.45) is 0.232. The van der Waals surface area contributed by atoms with E-state index >= 15 is 0 Å². The van der Waals surface area contributed by atoms with Crippen molar-refractivity contribution in [2.75, 3.05) is 25.2 Å². The number of ether oxygens (including phenoxy) is 2. The molecule has 0 aromatic heterocycles. The van der Waals surface area contributed by atoms with E-state index in [4.69, 9.17) is 9.47 Å². The van der Waals surface area contributed by atoms with Crippen LogP contribution in [-0.4, -0.2) is 61.0 Å². The molecule has 38 heavy (non-hydrogen) atoms. The Bertz CT molecular complexity index is 1240. The average Bonchev–Trinajstić information content (AvgIpc) is 3.42. The molecule has 1 heterocycles. The van der Waals surface area contributed by atoms with Gasteiger partial charge >= 0.3 is 17.9 Å². The number of piperidine rings is 1. The largest absolute Gasteiger partial charge is 0.481 e. The lowest BCUT2D eigenvalue weighted by Crippen LogP contribution is -2.49. The number of anilines is 1. The SMILES string of the molecule is C=C(C)C(=O)OCCOC(=O)c1c(C)cccc1N1C(=O)C2CC(C1=O)C1C(C(=O)NC)CC(C(=O)O)C21. The predicted molar refractivity (Wildman–Crippen MR) is 132 cm³/mol. The van der Waals surface area contributed by atoms with Crippen molar-refractivity contribution < 1.29 is 43.3 Å². The Balaban J connectivity index is 1.64. The van der Waals surface area contributed by atoms with Gasteiger partial charge in [0.1, 0.15) is 13.2 Å². The van der Waals surface area contributed by atoms with E-state index in [-0.39, 0.29) is 48.8 Å². The van der Waals surface area contributed by atoms with Gasteiger partial charge in [-0.15, -0.1) is 0 Å². The first kappa shape index (κ1) is 27.0. The number of hydrogen-bond donors (Lipinski definition) is 2. The summed E-state index contributed by atoms with van der Waals surface area (Å²) in [5.74, 6) is -8.44. The third kappa shape index (κ3) is 4.46. The standard InChI is InChI=1S/C27H30N2O9/c1-12(2)26(35)37-8-9-38-27(36)19-13(3)6-5-7-18(19)29-23(31)15-11-16(24(29)32)21-17(25(33)34)10-14(20(15)21)22(30)28-4/h5-7,14-17,20-21H,1,8-11H2,2-4H3,(H,28,30)(H,33,34). The smallest absolute Gasteiger partial charge is 0.340 e. The molecule has 11 nitrogen and oxygen atoms in total. The Hall–Kier alpha value is -4.02. The lowest BCUT2D eigenvalue weighted by Gasteiger charge is -2.33. The van der Waals surface area contributed by atoms with Crippen molar-refractivity contribution in [1.29, 1.82) is 0 Å². The molecule has 11 heteroatoms. The molecule has 6 unspecified atom stereocenters. The van der Waals surface area contributed by atoms with Crippen molar-refractivity contribution in [2.24, 2.45) is 35.5 Å². The van der Waals surface area contributed by atoms with E-state index in [1.165, 1.54) is 20.0 Å². The van der Waals surface area contributed by atoms with Crippen LogP contribution < -0.4 is 10.2 Å². The molecule has 3 fully saturated rings. The number of carboxylic acids is 1. The number of benzene rings is 1. The van der Waals surface area contributed by atoms with Gasteiger partial charge in [-0.05, 0) is 50.2 Å². The molecule has 2 saturated carbocycles. The summed E-state index contributed by atoms with van der Waals surface area (Å²) >= 11 is 0. The highest BCUT2D eigenvalue weighted by Gasteiger charge is 2.66. The zero-order valence-electron chi connectivity index (χ0n) is 21.4. The first-order valence-corrected chi connectivity index (χ1v) is 12.4. The van der Waals surface area contributed by atoms with Crippen molar-refractivity contribution in [1.82, 2.24) is 5.32 Å². The first-order valence-electron chi connectivity index (χ1n) is 12.4. The minimum absolute atomic E-state index is 0.00419. The van der Waals surface area contributed by atoms with Crippen LogP contribution in [0, 0.1) is 42.4 Å². The Kier molecular flexibility index (Phi) is 7.39. The summed E-state index contributed by atoms with van der Waals surface area (Å²) in [6, 6.07) is 4.69. The molecule has 1 aliphatic heterocycles. The van der Waals surface area contributed by atoms with Gasteiger partial charge in [0.25, 0.3) is 0 Å². The van der Waals surface area contributed by atoms with Crippen LogP contribution in [0.15, 0.2) is 30.4 Å². The summed E-state index contributed by atoms with van der Waals surface area (Å²) in [7, 11) is 1.45. The number of esters is 2. The second kappa shape index (κ2) is 10.4. The van der Waals surface area contributed by atoms with Crippen LogP contribution in [0.2, 0.25) is 0 Å². The van der Waals surface area contributed by atoms with Gasteiger partial charge in [0, 0.05) is 30.4 Å². The van der Waals surface area contributed by atoms with Gasteiger partial charge in [-0.3, -0.25) is 19.2 Å². The predicted octanol–water partition coefficient (Wildman–Crippen LogP) is 1.48. The summed E-state index contributed by atoms with van der Waals surface area (Å²) < 4.78 is 10.2. The van der Waals surface area contributed by atoms with Crippen molar-refractivity contribution in [3.05, 3.63) is 41.5 Å². The van der Waals surface area contributed by atoms with Crippen LogP contribution in [0.25, 0.3) is 0 Å². The second-order valence-corrected chi connectivity index (χ2v) is 10.0. The van der Waals surface area contributed by atoms with Gasteiger partial charge in [-0.2, -0.15) is 0 Å². The van der Waals surface area contributed by atoms with Crippen LogP contribution in [0.3, 0.4) is 0 Å². The normalized spacial score (nSPS) is 27.5. The molecular weight excluding hydrogens is 496 g/mol. The van der Waals surface area contributed by atoms with Gasteiger partial charge in [-0.1, -0.05) is 18.7 Å². The summed E-state index contributed by atoms with van der Waals surface area (Å²) in [6.45, 7) is 6.13. The quantitative estimate of drug-likeness (QED) is 0.222. The molecule has 1 saturated heterocycles. The number of hydrogen-bond acceptors (Lipinski definition) is 8. The fourth-order valence-electron chi connectivity index (χ4n) is 6.32. The molecule has 1 aromatic rings. The van der Waals surface area contributed by atoms with Crippen LogP contribution in [0.4, 0.5) is 5.69 Å².